The summed E-state index contributed by atoms with van der Waals surface area (Å²) in [4.78, 5) is 13.4. The van der Waals surface area contributed by atoms with Crippen LogP contribution < -0.4 is 5.73 Å². The van der Waals surface area contributed by atoms with E-state index in [2.05, 4.69) is 5.16 Å². The Labute approximate surface area is 108 Å². The number of aryl methyl sites for hydroxylation is 1. The molecule has 0 bridgehead atoms. The molecular formula is C11H20ClN3O2. The number of aromatic nitrogens is 1. The van der Waals surface area contributed by atoms with E-state index >= 15 is 0 Å². The van der Waals surface area contributed by atoms with Crippen LogP contribution >= 0.6 is 12.4 Å². The van der Waals surface area contributed by atoms with E-state index in [1.807, 2.05) is 26.8 Å². The van der Waals surface area contributed by atoms with Gasteiger partial charge in [-0.1, -0.05) is 19.0 Å². The number of halogens is 1. The molecule has 1 atom stereocenters. The van der Waals surface area contributed by atoms with Crippen LogP contribution in [-0.4, -0.2) is 29.1 Å². The van der Waals surface area contributed by atoms with Gasteiger partial charge in [0.15, 0.2) is 0 Å². The molecule has 0 aromatic carbocycles. The largest absolute Gasteiger partial charge is 0.361 e. The van der Waals surface area contributed by atoms with Crippen molar-refractivity contribution in [2.24, 2.45) is 11.7 Å². The third kappa shape index (κ3) is 4.36. The van der Waals surface area contributed by atoms with Gasteiger partial charge in [0.25, 0.3) is 0 Å². The van der Waals surface area contributed by atoms with Crippen LogP contribution in [0.15, 0.2) is 10.6 Å². The molecule has 0 radical (unpaired) electrons. The minimum atomic E-state index is -0.460. The van der Waals surface area contributed by atoms with Gasteiger partial charge in [-0.25, -0.2) is 0 Å². The summed E-state index contributed by atoms with van der Waals surface area (Å²) in [6.45, 7) is 6.10. The Morgan fingerprint density at radius 1 is 1.59 bits per heavy atom. The normalized spacial score (nSPS) is 12.1. The van der Waals surface area contributed by atoms with Gasteiger partial charge in [0, 0.05) is 13.1 Å². The fourth-order valence-electron chi connectivity index (χ4n) is 1.35. The van der Waals surface area contributed by atoms with E-state index in [4.69, 9.17) is 10.3 Å². The standard InChI is InChI=1S/C11H19N3O2.ClH/c1-7(2)10(12)11(15)14(4)6-9-5-8(3)16-13-9;/h5,7,10H,6,12H2,1-4H3;1H. The molecule has 6 heteroatoms. The molecule has 1 aromatic rings. The van der Waals surface area contributed by atoms with Crippen molar-refractivity contribution in [1.29, 1.82) is 0 Å². The summed E-state index contributed by atoms with van der Waals surface area (Å²) in [5.41, 5.74) is 6.52. The van der Waals surface area contributed by atoms with Gasteiger partial charge in [-0.05, 0) is 12.8 Å². The first-order valence-corrected chi connectivity index (χ1v) is 5.34. The summed E-state index contributed by atoms with van der Waals surface area (Å²) < 4.78 is 4.93. The predicted molar refractivity (Wildman–Crippen MR) is 67.8 cm³/mol. The SMILES string of the molecule is Cc1cc(CN(C)C(=O)C(N)C(C)C)no1.Cl. The maximum Gasteiger partial charge on any atom is 0.239 e. The number of rotatable bonds is 4. The van der Waals surface area contributed by atoms with Crippen molar-refractivity contribution in [3.05, 3.63) is 17.5 Å². The number of carbonyl (C=O) groups excluding carboxylic acids is 1. The number of hydrogen-bond acceptors (Lipinski definition) is 4. The van der Waals surface area contributed by atoms with Gasteiger partial charge in [-0.15, -0.1) is 12.4 Å². The average molecular weight is 262 g/mol. The number of nitrogens with zero attached hydrogens (tertiary/aromatic N) is 2. The van der Waals surface area contributed by atoms with Crippen LogP contribution in [0.3, 0.4) is 0 Å². The lowest BCUT2D eigenvalue weighted by atomic mass is 10.0. The second kappa shape index (κ2) is 6.61. The van der Waals surface area contributed by atoms with Crippen molar-refractivity contribution in [3.63, 3.8) is 0 Å². The first-order valence-electron chi connectivity index (χ1n) is 5.34. The minimum Gasteiger partial charge on any atom is -0.361 e. The lowest BCUT2D eigenvalue weighted by Crippen LogP contribution is -2.44. The van der Waals surface area contributed by atoms with E-state index in [1.165, 1.54) is 0 Å². The lowest BCUT2D eigenvalue weighted by molar-refractivity contribution is -0.132. The summed E-state index contributed by atoms with van der Waals surface area (Å²) in [7, 11) is 1.72. The van der Waals surface area contributed by atoms with E-state index in [1.54, 1.807) is 11.9 Å². The number of nitrogens with two attached hydrogens (primary N) is 1. The molecule has 17 heavy (non-hydrogen) atoms. The Morgan fingerprint density at radius 2 is 2.18 bits per heavy atom. The quantitative estimate of drug-likeness (QED) is 0.888. The van der Waals surface area contributed by atoms with Crippen LogP contribution in [0.2, 0.25) is 0 Å². The zero-order chi connectivity index (χ0) is 12.3. The maximum atomic E-state index is 11.8. The summed E-state index contributed by atoms with van der Waals surface area (Å²) in [6, 6.07) is 1.35. The van der Waals surface area contributed by atoms with Gasteiger partial charge >= 0.3 is 0 Å². The molecule has 1 rings (SSSR count). The number of hydrogen-bond donors (Lipinski definition) is 1. The lowest BCUT2D eigenvalue weighted by Gasteiger charge is -2.22. The highest BCUT2D eigenvalue weighted by Gasteiger charge is 2.21. The third-order valence-electron chi connectivity index (χ3n) is 2.46. The molecule has 2 N–H and O–H groups in total. The summed E-state index contributed by atoms with van der Waals surface area (Å²) in [5.74, 6) is 0.800. The van der Waals surface area contributed by atoms with Crippen LogP contribution in [0, 0.1) is 12.8 Å². The van der Waals surface area contributed by atoms with E-state index < -0.39 is 6.04 Å². The monoisotopic (exact) mass is 261 g/mol. The Kier molecular flexibility index (Phi) is 6.20. The van der Waals surface area contributed by atoms with Crippen molar-refractivity contribution in [1.82, 2.24) is 10.1 Å². The van der Waals surface area contributed by atoms with Crippen LogP contribution in [0.5, 0.6) is 0 Å². The number of carbonyl (C=O) groups is 1. The fourth-order valence-corrected chi connectivity index (χ4v) is 1.35. The first-order chi connectivity index (χ1) is 7.41. The molecule has 5 nitrogen and oxygen atoms in total. The predicted octanol–water partition coefficient (Wildman–Crippen LogP) is 1.35. The summed E-state index contributed by atoms with van der Waals surface area (Å²) in [5, 5.41) is 3.83. The highest BCUT2D eigenvalue weighted by atomic mass is 35.5. The fraction of sp³-hybridized carbons (Fsp3) is 0.636. The van der Waals surface area contributed by atoms with Crippen LogP contribution in [0.1, 0.15) is 25.3 Å². The van der Waals surface area contributed by atoms with Crippen LogP contribution in [0.25, 0.3) is 0 Å². The van der Waals surface area contributed by atoms with Crippen LogP contribution in [-0.2, 0) is 11.3 Å². The third-order valence-corrected chi connectivity index (χ3v) is 2.46. The molecule has 0 fully saturated rings. The van der Waals surface area contributed by atoms with E-state index in [0.29, 0.717) is 6.54 Å². The molecule has 1 aromatic heterocycles. The Hall–Kier alpha value is -1.07. The second-order valence-corrected chi connectivity index (χ2v) is 4.39. The molecular weight excluding hydrogens is 242 g/mol. The minimum absolute atomic E-state index is 0. The average Bonchev–Trinajstić information content (AvgIpc) is 2.61. The summed E-state index contributed by atoms with van der Waals surface area (Å²) in [6.07, 6.45) is 0. The van der Waals surface area contributed by atoms with Crippen molar-refractivity contribution in [2.75, 3.05) is 7.05 Å². The highest BCUT2D eigenvalue weighted by molar-refractivity contribution is 5.85. The molecule has 0 aliphatic rings. The maximum absolute atomic E-state index is 11.8. The van der Waals surface area contributed by atoms with Crippen LogP contribution in [0.4, 0.5) is 0 Å². The second-order valence-electron chi connectivity index (χ2n) is 4.39. The molecule has 0 aliphatic heterocycles. The van der Waals surface area contributed by atoms with Crippen molar-refractivity contribution < 1.29 is 9.32 Å². The topological polar surface area (TPSA) is 72.4 Å². The summed E-state index contributed by atoms with van der Waals surface area (Å²) >= 11 is 0. The van der Waals surface area contributed by atoms with Crippen molar-refractivity contribution in [3.8, 4) is 0 Å². The zero-order valence-electron chi connectivity index (χ0n) is 10.6. The van der Waals surface area contributed by atoms with Gasteiger partial charge in [0.05, 0.1) is 12.6 Å². The van der Waals surface area contributed by atoms with Crippen molar-refractivity contribution >= 4 is 18.3 Å². The zero-order valence-corrected chi connectivity index (χ0v) is 11.5. The molecule has 1 amide bonds. The molecule has 0 aliphatic carbocycles. The molecule has 0 spiro atoms. The molecule has 0 saturated heterocycles. The molecule has 1 unspecified atom stereocenters. The Balaban J connectivity index is 0.00000256. The number of likely N-dealkylation sites (N-methyl/N-ethyl adjacent to an activating group) is 1. The number of amides is 1. The van der Waals surface area contributed by atoms with Gasteiger partial charge in [0.2, 0.25) is 5.91 Å². The van der Waals surface area contributed by atoms with Gasteiger partial charge in [0.1, 0.15) is 11.5 Å². The van der Waals surface area contributed by atoms with E-state index in [0.717, 1.165) is 11.5 Å². The first kappa shape index (κ1) is 15.9. The molecule has 98 valence electrons. The Morgan fingerprint density at radius 3 is 2.59 bits per heavy atom. The van der Waals surface area contributed by atoms with Gasteiger partial charge in [-0.2, -0.15) is 0 Å². The van der Waals surface area contributed by atoms with Crippen molar-refractivity contribution in [2.45, 2.75) is 33.4 Å². The van der Waals surface area contributed by atoms with Gasteiger partial charge < -0.3 is 15.2 Å². The molecule has 0 saturated carbocycles. The Bertz CT molecular complexity index is 365. The van der Waals surface area contributed by atoms with Gasteiger partial charge in [-0.3, -0.25) is 4.79 Å². The highest BCUT2D eigenvalue weighted by Crippen LogP contribution is 2.07. The van der Waals surface area contributed by atoms with E-state index in [-0.39, 0.29) is 24.2 Å². The molecule has 1 heterocycles. The smallest absolute Gasteiger partial charge is 0.239 e. The van der Waals surface area contributed by atoms with E-state index in [9.17, 15) is 4.79 Å².